The largest absolute Gasteiger partial charge is 0.298 e. The van der Waals surface area contributed by atoms with Crippen LogP contribution in [0.3, 0.4) is 0 Å². The summed E-state index contributed by atoms with van der Waals surface area (Å²) >= 11 is 8.98. The fourth-order valence-corrected chi connectivity index (χ4v) is 2.57. The highest BCUT2D eigenvalue weighted by Crippen LogP contribution is 2.23. The van der Waals surface area contributed by atoms with Crippen LogP contribution >= 0.6 is 27.5 Å². The van der Waals surface area contributed by atoms with E-state index in [1.165, 1.54) is 12.1 Å². The molecule has 1 nitrogen and oxygen atoms in total. The molecule has 20 heavy (non-hydrogen) atoms. The molecule has 2 aromatic carbocycles. The van der Waals surface area contributed by atoms with Crippen molar-refractivity contribution in [1.82, 2.24) is 4.90 Å². The monoisotopic (exact) mass is 359 g/mol. The highest BCUT2D eigenvalue weighted by atomic mass is 79.9. The molecular formula is C15H13BrClF2N. The molecule has 5 heteroatoms. The van der Waals surface area contributed by atoms with Crippen molar-refractivity contribution in [3.63, 3.8) is 0 Å². The van der Waals surface area contributed by atoms with Gasteiger partial charge in [-0.3, -0.25) is 4.90 Å². The SMILES string of the molecule is CN(Cc1cccc(Cl)c1)Cc1c(F)ccc(Br)c1F. The van der Waals surface area contributed by atoms with Crippen LogP contribution in [0.2, 0.25) is 5.02 Å². The maximum atomic E-state index is 13.9. The summed E-state index contributed by atoms with van der Waals surface area (Å²) < 4.78 is 27.8. The molecule has 0 fully saturated rings. The third kappa shape index (κ3) is 3.78. The molecule has 0 atom stereocenters. The predicted molar refractivity (Wildman–Crippen MR) is 80.7 cm³/mol. The lowest BCUT2D eigenvalue weighted by Gasteiger charge is -2.18. The average molecular weight is 361 g/mol. The van der Waals surface area contributed by atoms with E-state index >= 15 is 0 Å². The highest BCUT2D eigenvalue weighted by molar-refractivity contribution is 9.10. The van der Waals surface area contributed by atoms with Gasteiger partial charge in [-0.1, -0.05) is 23.7 Å². The van der Waals surface area contributed by atoms with Crippen molar-refractivity contribution in [3.05, 3.63) is 68.7 Å². The van der Waals surface area contributed by atoms with Crippen LogP contribution in [-0.4, -0.2) is 11.9 Å². The van der Waals surface area contributed by atoms with Crippen molar-refractivity contribution in [1.29, 1.82) is 0 Å². The highest BCUT2D eigenvalue weighted by Gasteiger charge is 2.14. The second-order valence-corrected chi connectivity index (χ2v) is 5.91. The molecule has 0 radical (unpaired) electrons. The minimum Gasteiger partial charge on any atom is -0.298 e. The standard InChI is InChI=1S/C15H13BrClF2N/c1-20(8-10-3-2-4-11(17)7-10)9-12-14(18)6-5-13(16)15(12)19/h2-7H,8-9H2,1H3. The number of rotatable bonds is 4. The molecule has 0 saturated carbocycles. The Morgan fingerprint density at radius 3 is 2.60 bits per heavy atom. The van der Waals surface area contributed by atoms with Crippen LogP contribution < -0.4 is 0 Å². The first-order valence-corrected chi connectivity index (χ1v) is 7.20. The predicted octanol–water partition coefficient (Wildman–Crippen LogP) is 5.01. The van der Waals surface area contributed by atoms with Gasteiger partial charge in [0.2, 0.25) is 0 Å². The third-order valence-corrected chi connectivity index (χ3v) is 3.76. The Kier molecular flexibility index (Phi) is 5.13. The van der Waals surface area contributed by atoms with Crippen molar-refractivity contribution in [2.75, 3.05) is 7.05 Å². The first kappa shape index (κ1) is 15.4. The molecule has 0 unspecified atom stereocenters. The quantitative estimate of drug-likeness (QED) is 0.693. The lowest BCUT2D eigenvalue weighted by atomic mass is 10.1. The van der Waals surface area contributed by atoms with Crippen molar-refractivity contribution in [3.8, 4) is 0 Å². The molecule has 2 rings (SSSR count). The number of hydrogen-bond acceptors (Lipinski definition) is 1. The van der Waals surface area contributed by atoms with Crippen LogP contribution in [0.5, 0.6) is 0 Å². The second kappa shape index (κ2) is 6.66. The zero-order chi connectivity index (χ0) is 14.7. The van der Waals surface area contributed by atoms with Crippen molar-refractivity contribution in [2.24, 2.45) is 0 Å². The van der Waals surface area contributed by atoms with Gasteiger partial charge in [0.25, 0.3) is 0 Å². The number of hydrogen-bond donors (Lipinski definition) is 0. The van der Waals surface area contributed by atoms with E-state index in [2.05, 4.69) is 15.9 Å². The Hall–Kier alpha value is -0.970. The van der Waals surface area contributed by atoms with Crippen LogP contribution in [0.15, 0.2) is 40.9 Å². The van der Waals surface area contributed by atoms with Gasteiger partial charge in [0.05, 0.1) is 4.47 Å². The van der Waals surface area contributed by atoms with E-state index in [0.717, 1.165) is 5.56 Å². The molecule has 0 aliphatic carbocycles. The fourth-order valence-electron chi connectivity index (χ4n) is 1.99. The molecule has 0 saturated heterocycles. The van der Waals surface area contributed by atoms with E-state index in [4.69, 9.17) is 11.6 Å². The molecule has 0 amide bonds. The molecule has 0 bridgehead atoms. The van der Waals surface area contributed by atoms with Crippen LogP contribution in [0.1, 0.15) is 11.1 Å². The lowest BCUT2D eigenvalue weighted by molar-refractivity contribution is 0.307. The van der Waals surface area contributed by atoms with Gasteiger partial charge in [-0.05, 0) is 52.8 Å². The number of nitrogens with zero attached hydrogens (tertiary/aromatic N) is 1. The van der Waals surface area contributed by atoms with E-state index in [1.807, 2.05) is 23.1 Å². The topological polar surface area (TPSA) is 3.24 Å². The molecule has 0 spiro atoms. The lowest BCUT2D eigenvalue weighted by Crippen LogP contribution is -2.19. The van der Waals surface area contributed by atoms with Crippen molar-refractivity contribution >= 4 is 27.5 Å². The summed E-state index contributed by atoms with van der Waals surface area (Å²) in [6.45, 7) is 0.746. The number of benzene rings is 2. The molecule has 0 aromatic heterocycles. The van der Waals surface area contributed by atoms with Gasteiger partial charge < -0.3 is 0 Å². The minimum atomic E-state index is -0.553. The third-order valence-electron chi connectivity index (χ3n) is 2.91. The van der Waals surface area contributed by atoms with Crippen LogP contribution in [0, 0.1) is 11.6 Å². The molecule has 0 aliphatic heterocycles. The normalized spacial score (nSPS) is 11.1. The average Bonchev–Trinajstić information content (AvgIpc) is 2.39. The van der Waals surface area contributed by atoms with E-state index in [1.54, 1.807) is 13.1 Å². The summed E-state index contributed by atoms with van der Waals surface area (Å²) in [5, 5.41) is 0.649. The van der Waals surface area contributed by atoms with Crippen LogP contribution in [0.4, 0.5) is 8.78 Å². The molecule has 0 aliphatic rings. The summed E-state index contributed by atoms with van der Waals surface area (Å²) in [6, 6.07) is 10.0. The first-order chi connectivity index (χ1) is 9.47. The molecule has 0 heterocycles. The Morgan fingerprint density at radius 1 is 1.15 bits per heavy atom. The first-order valence-electron chi connectivity index (χ1n) is 6.02. The van der Waals surface area contributed by atoms with E-state index < -0.39 is 11.6 Å². The van der Waals surface area contributed by atoms with Crippen LogP contribution in [0.25, 0.3) is 0 Å². The zero-order valence-electron chi connectivity index (χ0n) is 10.8. The van der Waals surface area contributed by atoms with Gasteiger partial charge in [0.1, 0.15) is 11.6 Å². The maximum Gasteiger partial charge on any atom is 0.144 e. The second-order valence-electron chi connectivity index (χ2n) is 4.62. The van der Waals surface area contributed by atoms with Gasteiger partial charge in [0, 0.05) is 23.7 Å². The van der Waals surface area contributed by atoms with E-state index in [0.29, 0.717) is 11.6 Å². The van der Waals surface area contributed by atoms with Crippen molar-refractivity contribution in [2.45, 2.75) is 13.1 Å². The smallest absolute Gasteiger partial charge is 0.144 e. The van der Waals surface area contributed by atoms with Crippen molar-refractivity contribution < 1.29 is 8.78 Å². The summed E-state index contributed by atoms with van der Waals surface area (Å²) in [5.41, 5.74) is 1.06. The summed E-state index contributed by atoms with van der Waals surface area (Å²) in [5.74, 6) is -1.09. The van der Waals surface area contributed by atoms with Crippen LogP contribution in [-0.2, 0) is 13.1 Å². The Balaban J connectivity index is 2.12. The Labute approximate surface area is 130 Å². The van der Waals surface area contributed by atoms with Gasteiger partial charge in [-0.2, -0.15) is 0 Å². The summed E-state index contributed by atoms with van der Waals surface area (Å²) in [6.07, 6.45) is 0. The molecule has 0 N–H and O–H groups in total. The minimum absolute atomic E-state index is 0.0592. The zero-order valence-corrected chi connectivity index (χ0v) is 13.2. The summed E-state index contributed by atoms with van der Waals surface area (Å²) in [7, 11) is 1.81. The number of halogens is 4. The maximum absolute atomic E-state index is 13.9. The van der Waals surface area contributed by atoms with E-state index in [9.17, 15) is 8.78 Å². The fraction of sp³-hybridized carbons (Fsp3) is 0.200. The van der Waals surface area contributed by atoms with Gasteiger partial charge >= 0.3 is 0 Å². The molecular weight excluding hydrogens is 348 g/mol. The van der Waals surface area contributed by atoms with Gasteiger partial charge in [0.15, 0.2) is 0 Å². The summed E-state index contributed by atoms with van der Waals surface area (Å²) in [4.78, 5) is 1.83. The van der Waals surface area contributed by atoms with Gasteiger partial charge in [-0.25, -0.2) is 8.78 Å². The molecule has 2 aromatic rings. The molecule has 106 valence electrons. The Morgan fingerprint density at radius 2 is 1.90 bits per heavy atom. The Bertz CT molecular complexity index is 619. The van der Waals surface area contributed by atoms with Gasteiger partial charge in [-0.15, -0.1) is 0 Å². The van der Waals surface area contributed by atoms with E-state index in [-0.39, 0.29) is 16.6 Å².